The zero-order valence-corrected chi connectivity index (χ0v) is 10.9. The Kier molecular flexibility index (Phi) is 4.98. The quantitative estimate of drug-likeness (QED) is 0.848. The number of nitrogens with one attached hydrogen (secondary N) is 1. The van der Waals surface area contributed by atoms with Crippen LogP contribution in [0.2, 0.25) is 0 Å². The van der Waals surface area contributed by atoms with Crippen molar-refractivity contribution in [3.05, 3.63) is 48.6 Å². The standard InChI is InChI=1S/C15H19NO3/c1-2-14-13(9-6-10-18-14)16-15(17)19-11-12-7-4-3-5-8-12/h2-5,7-8,13-14H,1,6,9-11H2,(H,16,17)/t13-,14+/m1/s1. The van der Waals surface area contributed by atoms with Crippen LogP contribution < -0.4 is 5.32 Å². The number of carbonyl (C=O) groups excluding carboxylic acids is 1. The van der Waals surface area contributed by atoms with Crippen LogP contribution in [0, 0.1) is 0 Å². The van der Waals surface area contributed by atoms with Gasteiger partial charge in [-0.25, -0.2) is 4.79 Å². The SMILES string of the molecule is C=C[C@@H]1OCCC[C@H]1NC(=O)OCc1ccccc1. The van der Waals surface area contributed by atoms with Gasteiger partial charge in [-0.2, -0.15) is 0 Å². The molecule has 1 N–H and O–H groups in total. The summed E-state index contributed by atoms with van der Waals surface area (Å²) in [6, 6.07) is 9.55. The van der Waals surface area contributed by atoms with E-state index in [1.54, 1.807) is 6.08 Å². The fourth-order valence-electron chi connectivity index (χ4n) is 2.11. The van der Waals surface area contributed by atoms with Gasteiger partial charge in [0.05, 0.1) is 12.1 Å². The highest BCUT2D eigenvalue weighted by molar-refractivity contribution is 5.67. The zero-order valence-electron chi connectivity index (χ0n) is 10.9. The third-order valence-corrected chi connectivity index (χ3v) is 3.11. The maximum Gasteiger partial charge on any atom is 0.407 e. The molecule has 0 spiro atoms. The molecule has 102 valence electrons. The topological polar surface area (TPSA) is 47.6 Å². The molecule has 0 radical (unpaired) electrons. The monoisotopic (exact) mass is 261 g/mol. The smallest absolute Gasteiger partial charge is 0.407 e. The van der Waals surface area contributed by atoms with Gasteiger partial charge >= 0.3 is 6.09 Å². The van der Waals surface area contributed by atoms with Gasteiger partial charge in [0, 0.05) is 6.61 Å². The number of amides is 1. The van der Waals surface area contributed by atoms with E-state index in [0.29, 0.717) is 6.61 Å². The second-order valence-electron chi connectivity index (χ2n) is 4.53. The Morgan fingerprint density at radius 1 is 1.47 bits per heavy atom. The Morgan fingerprint density at radius 3 is 3.00 bits per heavy atom. The molecule has 0 aromatic heterocycles. The average molecular weight is 261 g/mol. The summed E-state index contributed by atoms with van der Waals surface area (Å²) in [6.07, 6.45) is 3.01. The fraction of sp³-hybridized carbons (Fsp3) is 0.400. The molecule has 0 aliphatic carbocycles. The summed E-state index contributed by atoms with van der Waals surface area (Å²) in [4.78, 5) is 11.7. The first-order valence-electron chi connectivity index (χ1n) is 6.51. The van der Waals surface area contributed by atoms with E-state index in [2.05, 4.69) is 11.9 Å². The molecule has 0 saturated carbocycles. The Labute approximate surface area is 113 Å². The summed E-state index contributed by atoms with van der Waals surface area (Å²) in [6.45, 7) is 4.71. The Morgan fingerprint density at radius 2 is 2.26 bits per heavy atom. The van der Waals surface area contributed by atoms with Gasteiger partial charge < -0.3 is 14.8 Å². The Bertz CT molecular complexity index is 419. The maximum absolute atomic E-state index is 11.7. The van der Waals surface area contributed by atoms with Crippen LogP contribution in [0.4, 0.5) is 4.79 Å². The van der Waals surface area contributed by atoms with Gasteiger partial charge in [0.2, 0.25) is 0 Å². The lowest BCUT2D eigenvalue weighted by molar-refractivity contribution is 0.0191. The molecular weight excluding hydrogens is 242 g/mol. The van der Waals surface area contributed by atoms with Crippen LogP contribution in [0.5, 0.6) is 0 Å². The molecule has 2 rings (SSSR count). The molecule has 1 fully saturated rings. The first kappa shape index (κ1) is 13.6. The summed E-state index contributed by atoms with van der Waals surface area (Å²) in [5, 5.41) is 2.83. The van der Waals surface area contributed by atoms with Gasteiger partial charge in [-0.3, -0.25) is 0 Å². The van der Waals surface area contributed by atoms with Crippen molar-refractivity contribution >= 4 is 6.09 Å². The minimum atomic E-state index is -0.411. The molecule has 2 atom stereocenters. The molecule has 1 amide bonds. The summed E-state index contributed by atoms with van der Waals surface area (Å²) >= 11 is 0. The zero-order chi connectivity index (χ0) is 13.5. The minimum Gasteiger partial charge on any atom is -0.445 e. The number of benzene rings is 1. The Hall–Kier alpha value is -1.81. The van der Waals surface area contributed by atoms with Crippen LogP contribution in [0.3, 0.4) is 0 Å². The van der Waals surface area contributed by atoms with Crippen LogP contribution in [-0.2, 0) is 16.1 Å². The van der Waals surface area contributed by atoms with E-state index in [4.69, 9.17) is 9.47 Å². The van der Waals surface area contributed by atoms with Gasteiger partial charge in [0.1, 0.15) is 6.61 Å². The molecule has 1 aliphatic heterocycles. The fourth-order valence-corrected chi connectivity index (χ4v) is 2.11. The molecule has 1 aromatic rings. The number of carbonyl (C=O) groups is 1. The molecule has 1 aromatic carbocycles. The van der Waals surface area contributed by atoms with E-state index in [1.165, 1.54) is 0 Å². The summed E-state index contributed by atoms with van der Waals surface area (Å²) < 4.78 is 10.7. The highest BCUT2D eigenvalue weighted by Gasteiger charge is 2.25. The number of rotatable bonds is 4. The Balaban J connectivity index is 1.79. The molecule has 19 heavy (non-hydrogen) atoms. The van der Waals surface area contributed by atoms with Gasteiger partial charge in [-0.15, -0.1) is 6.58 Å². The highest BCUT2D eigenvalue weighted by atomic mass is 16.5. The van der Waals surface area contributed by atoms with E-state index in [9.17, 15) is 4.79 Å². The number of hydrogen-bond acceptors (Lipinski definition) is 3. The van der Waals surface area contributed by atoms with Crippen molar-refractivity contribution in [2.24, 2.45) is 0 Å². The lowest BCUT2D eigenvalue weighted by Crippen LogP contribution is -2.46. The van der Waals surface area contributed by atoms with Crippen molar-refractivity contribution in [1.29, 1.82) is 0 Å². The molecule has 0 unspecified atom stereocenters. The van der Waals surface area contributed by atoms with Gasteiger partial charge in [0.25, 0.3) is 0 Å². The van der Waals surface area contributed by atoms with Crippen molar-refractivity contribution in [2.75, 3.05) is 6.61 Å². The van der Waals surface area contributed by atoms with Crippen molar-refractivity contribution in [1.82, 2.24) is 5.32 Å². The van der Waals surface area contributed by atoms with Crippen LogP contribution in [0.15, 0.2) is 43.0 Å². The third kappa shape index (κ3) is 4.10. The first-order chi connectivity index (χ1) is 9.29. The van der Waals surface area contributed by atoms with Crippen molar-refractivity contribution in [2.45, 2.75) is 31.6 Å². The predicted octanol–water partition coefficient (Wildman–Crippen LogP) is 2.65. The van der Waals surface area contributed by atoms with Crippen molar-refractivity contribution < 1.29 is 14.3 Å². The molecule has 0 bridgehead atoms. The molecular formula is C15H19NO3. The summed E-state index contributed by atoms with van der Waals surface area (Å²) in [5.74, 6) is 0. The van der Waals surface area contributed by atoms with Gasteiger partial charge in [-0.1, -0.05) is 36.4 Å². The second-order valence-corrected chi connectivity index (χ2v) is 4.53. The minimum absolute atomic E-state index is 0.0467. The second kappa shape index (κ2) is 6.95. The molecule has 1 heterocycles. The highest BCUT2D eigenvalue weighted by Crippen LogP contribution is 2.15. The van der Waals surface area contributed by atoms with Crippen LogP contribution in [0.25, 0.3) is 0 Å². The molecule has 1 aliphatic rings. The largest absolute Gasteiger partial charge is 0.445 e. The lowest BCUT2D eigenvalue weighted by atomic mass is 10.0. The van der Waals surface area contributed by atoms with Gasteiger partial charge in [0.15, 0.2) is 0 Å². The molecule has 1 saturated heterocycles. The van der Waals surface area contributed by atoms with Crippen molar-refractivity contribution in [3.8, 4) is 0 Å². The predicted molar refractivity (Wildman–Crippen MR) is 72.7 cm³/mol. The lowest BCUT2D eigenvalue weighted by Gasteiger charge is -2.29. The normalized spacial score (nSPS) is 22.5. The van der Waals surface area contributed by atoms with E-state index in [-0.39, 0.29) is 18.8 Å². The first-order valence-corrected chi connectivity index (χ1v) is 6.51. The van der Waals surface area contributed by atoms with Crippen LogP contribution >= 0.6 is 0 Å². The van der Waals surface area contributed by atoms with Gasteiger partial charge in [-0.05, 0) is 18.4 Å². The molecule has 4 heteroatoms. The van der Waals surface area contributed by atoms with E-state index in [1.807, 2.05) is 30.3 Å². The summed E-state index contributed by atoms with van der Waals surface area (Å²) in [5.41, 5.74) is 0.970. The van der Waals surface area contributed by atoms with E-state index < -0.39 is 6.09 Å². The van der Waals surface area contributed by atoms with Crippen molar-refractivity contribution in [3.63, 3.8) is 0 Å². The maximum atomic E-state index is 11.7. The number of ether oxygens (including phenoxy) is 2. The summed E-state index contributed by atoms with van der Waals surface area (Å²) in [7, 11) is 0. The van der Waals surface area contributed by atoms with Crippen LogP contribution in [0.1, 0.15) is 18.4 Å². The average Bonchev–Trinajstić information content (AvgIpc) is 2.47. The van der Waals surface area contributed by atoms with E-state index in [0.717, 1.165) is 18.4 Å². The van der Waals surface area contributed by atoms with E-state index >= 15 is 0 Å². The number of hydrogen-bond donors (Lipinski definition) is 1. The third-order valence-electron chi connectivity index (χ3n) is 3.11. The molecule has 4 nitrogen and oxygen atoms in total. The number of alkyl carbamates (subject to hydrolysis) is 1. The van der Waals surface area contributed by atoms with Crippen LogP contribution in [-0.4, -0.2) is 24.8 Å².